The SMILES string of the molecule is Cc1ccc(OCc2nc(SCC(=O)Nc3ccc4ccccc4c3)n[nH]2)cc1. The maximum Gasteiger partial charge on any atom is 0.234 e. The van der Waals surface area contributed by atoms with Gasteiger partial charge in [-0.2, -0.15) is 0 Å². The molecule has 0 saturated heterocycles. The number of anilines is 1. The van der Waals surface area contributed by atoms with Crippen molar-refractivity contribution in [1.82, 2.24) is 15.2 Å². The normalized spacial score (nSPS) is 10.8. The third-order valence-corrected chi connectivity index (χ3v) is 5.12. The van der Waals surface area contributed by atoms with E-state index < -0.39 is 0 Å². The Balaban J connectivity index is 1.27. The molecule has 4 rings (SSSR count). The van der Waals surface area contributed by atoms with E-state index in [1.807, 2.05) is 73.7 Å². The van der Waals surface area contributed by atoms with Crippen molar-refractivity contribution in [3.63, 3.8) is 0 Å². The van der Waals surface area contributed by atoms with Gasteiger partial charge in [0, 0.05) is 5.69 Å². The van der Waals surface area contributed by atoms with Gasteiger partial charge in [-0.15, -0.1) is 5.10 Å². The molecule has 29 heavy (non-hydrogen) atoms. The summed E-state index contributed by atoms with van der Waals surface area (Å²) in [4.78, 5) is 16.6. The fraction of sp³-hybridized carbons (Fsp3) is 0.136. The van der Waals surface area contributed by atoms with Crippen LogP contribution in [0.4, 0.5) is 5.69 Å². The highest BCUT2D eigenvalue weighted by molar-refractivity contribution is 7.99. The van der Waals surface area contributed by atoms with Gasteiger partial charge in [-0.3, -0.25) is 9.89 Å². The molecule has 4 aromatic rings. The maximum atomic E-state index is 12.2. The Kier molecular flexibility index (Phi) is 5.76. The number of carbonyl (C=O) groups is 1. The number of thioether (sulfide) groups is 1. The number of amides is 1. The minimum absolute atomic E-state index is 0.104. The molecule has 0 aliphatic heterocycles. The predicted octanol–water partition coefficient (Wildman–Crippen LogP) is 4.58. The maximum absolute atomic E-state index is 12.2. The minimum atomic E-state index is -0.104. The van der Waals surface area contributed by atoms with Crippen LogP contribution < -0.4 is 10.1 Å². The molecule has 146 valence electrons. The number of aromatic nitrogens is 3. The number of fused-ring (bicyclic) bond motifs is 1. The lowest BCUT2D eigenvalue weighted by molar-refractivity contribution is -0.113. The van der Waals surface area contributed by atoms with Crippen LogP contribution in [0.15, 0.2) is 71.9 Å². The fourth-order valence-corrected chi connectivity index (χ4v) is 3.40. The van der Waals surface area contributed by atoms with Crippen LogP contribution in [0.1, 0.15) is 11.4 Å². The summed E-state index contributed by atoms with van der Waals surface area (Å²) in [6, 6.07) is 21.7. The second-order valence-electron chi connectivity index (χ2n) is 6.57. The first-order valence-corrected chi connectivity index (χ1v) is 10.2. The van der Waals surface area contributed by atoms with Crippen LogP contribution >= 0.6 is 11.8 Å². The second kappa shape index (κ2) is 8.79. The first kappa shape index (κ1) is 19.0. The average Bonchev–Trinajstić information content (AvgIpc) is 3.20. The number of hydrogen-bond acceptors (Lipinski definition) is 5. The van der Waals surface area contributed by atoms with E-state index in [1.165, 1.54) is 17.3 Å². The van der Waals surface area contributed by atoms with Gasteiger partial charge in [-0.25, -0.2) is 4.98 Å². The van der Waals surface area contributed by atoms with Crippen LogP contribution in [0.2, 0.25) is 0 Å². The molecule has 1 heterocycles. The summed E-state index contributed by atoms with van der Waals surface area (Å²) in [6.07, 6.45) is 0. The number of rotatable bonds is 7. The summed E-state index contributed by atoms with van der Waals surface area (Å²) in [6.45, 7) is 2.32. The molecular formula is C22H20N4O2S. The summed E-state index contributed by atoms with van der Waals surface area (Å²) in [5.41, 5.74) is 1.95. The lowest BCUT2D eigenvalue weighted by Crippen LogP contribution is -2.14. The molecule has 0 atom stereocenters. The highest BCUT2D eigenvalue weighted by Gasteiger charge is 2.09. The van der Waals surface area contributed by atoms with Gasteiger partial charge in [-0.1, -0.05) is 59.8 Å². The van der Waals surface area contributed by atoms with Gasteiger partial charge in [0.15, 0.2) is 5.82 Å². The summed E-state index contributed by atoms with van der Waals surface area (Å²) < 4.78 is 5.68. The summed E-state index contributed by atoms with van der Waals surface area (Å²) in [5, 5.41) is 12.6. The van der Waals surface area contributed by atoms with Crippen LogP contribution in [0.25, 0.3) is 10.8 Å². The van der Waals surface area contributed by atoms with Gasteiger partial charge in [-0.05, 0) is 42.0 Å². The molecule has 0 fully saturated rings. The smallest absolute Gasteiger partial charge is 0.234 e. The first-order chi connectivity index (χ1) is 14.2. The largest absolute Gasteiger partial charge is 0.486 e. The van der Waals surface area contributed by atoms with E-state index in [-0.39, 0.29) is 11.7 Å². The number of hydrogen-bond donors (Lipinski definition) is 2. The summed E-state index contributed by atoms with van der Waals surface area (Å²) >= 11 is 1.27. The van der Waals surface area contributed by atoms with Crippen LogP contribution in [0.5, 0.6) is 5.75 Å². The number of ether oxygens (including phenoxy) is 1. The van der Waals surface area contributed by atoms with Crippen molar-refractivity contribution in [2.24, 2.45) is 0 Å². The zero-order valence-electron chi connectivity index (χ0n) is 15.9. The number of benzene rings is 3. The number of carbonyl (C=O) groups excluding carboxylic acids is 1. The number of aryl methyl sites for hydroxylation is 1. The third-order valence-electron chi connectivity index (χ3n) is 4.27. The van der Waals surface area contributed by atoms with Crippen molar-refractivity contribution in [2.75, 3.05) is 11.1 Å². The molecule has 1 aromatic heterocycles. The van der Waals surface area contributed by atoms with Gasteiger partial charge in [0.2, 0.25) is 11.1 Å². The molecule has 0 unspecified atom stereocenters. The third kappa shape index (κ3) is 5.14. The standard InChI is InChI=1S/C22H20N4O2S/c1-15-6-10-19(11-7-15)28-13-20-24-22(26-25-20)29-14-21(27)23-18-9-8-16-4-2-3-5-17(16)12-18/h2-12H,13-14H2,1H3,(H,23,27)(H,24,25,26). The van der Waals surface area contributed by atoms with Crippen molar-refractivity contribution in [3.8, 4) is 5.75 Å². The van der Waals surface area contributed by atoms with E-state index >= 15 is 0 Å². The fourth-order valence-electron chi connectivity index (χ4n) is 2.79. The van der Waals surface area contributed by atoms with Crippen LogP contribution in [-0.2, 0) is 11.4 Å². The van der Waals surface area contributed by atoms with E-state index in [9.17, 15) is 4.79 Å². The molecule has 0 aliphatic carbocycles. The van der Waals surface area contributed by atoms with Gasteiger partial charge < -0.3 is 10.1 Å². The van der Waals surface area contributed by atoms with Gasteiger partial charge in [0.25, 0.3) is 0 Å². The Morgan fingerprint density at radius 2 is 1.86 bits per heavy atom. The average molecular weight is 404 g/mol. The molecular weight excluding hydrogens is 384 g/mol. The van der Waals surface area contributed by atoms with Crippen molar-refractivity contribution in [1.29, 1.82) is 0 Å². The van der Waals surface area contributed by atoms with Crippen LogP contribution in [0.3, 0.4) is 0 Å². The van der Waals surface area contributed by atoms with Gasteiger partial charge >= 0.3 is 0 Å². The molecule has 0 radical (unpaired) electrons. The van der Waals surface area contributed by atoms with Gasteiger partial charge in [0.05, 0.1) is 5.75 Å². The van der Waals surface area contributed by atoms with E-state index in [1.54, 1.807) is 0 Å². The minimum Gasteiger partial charge on any atom is -0.486 e. The first-order valence-electron chi connectivity index (χ1n) is 9.18. The quantitative estimate of drug-likeness (QED) is 0.441. The predicted molar refractivity (Wildman–Crippen MR) is 115 cm³/mol. The molecule has 0 spiro atoms. The Morgan fingerprint density at radius 3 is 2.69 bits per heavy atom. The van der Waals surface area contributed by atoms with E-state index in [0.717, 1.165) is 22.2 Å². The van der Waals surface area contributed by atoms with Crippen molar-refractivity contribution in [2.45, 2.75) is 18.7 Å². The topological polar surface area (TPSA) is 79.9 Å². The number of aromatic amines is 1. The Hall–Kier alpha value is -3.32. The number of nitrogens with one attached hydrogen (secondary N) is 2. The molecule has 0 saturated carbocycles. The summed E-state index contributed by atoms with van der Waals surface area (Å²) in [5.74, 6) is 1.51. The lowest BCUT2D eigenvalue weighted by atomic mass is 10.1. The highest BCUT2D eigenvalue weighted by atomic mass is 32.2. The zero-order chi connectivity index (χ0) is 20.1. The van der Waals surface area contributed by atoms with E-state index in [4.69, 9.17) is 4.74 Å². The molecule has 2 N–H and O–H groups in total. The number of nitrogens with zero attached hydrogens (tertiary/aromatic N) is 2. The molecule has 6 nitrogen and oxygen atoms in total. The highest BCUT2D eigenvalue weighted by Crippen LogP contribution is 2.20. The van der Waals surface area contributed by atoms with Crippen LogP contribution in [0, 0.1) is 6.92 Å². The molecule has 1 amide bonds. The second-order valence-corrected chi connectivity index (χ2v) is 7.51. The van der Waals surface area contributed by atoms with Crippen molar-refractivity contribution >= 4 is 34.1 Å². The Morgan fingerprint density at radius 1 is 1.07 bits per heavy atom. The lowest BCUT2D eigenvalue weighted by Gasteiger charge is -2.05. The number of H-pyrrole nitrogens is 1. The van der Waals surface area contributed by atoms with Crippen molar-refractivity contribution < 1.29 is 9.53 Å². The summed E-state index contributed by atoms with van der Waals surface area (Å²) in [7, 11) is 0. The Labute approximate surface area is 172 Å². The van der Waals surface area contributed by atoms with Crippen molar-refractivity contribution in [3.05, 3.63) is 78.1 Å². The van der Waals surface area contributed by atoms with E-state index in [2.05, 4.69) is 20.5 Å². The molecule has 3 aromatic carbocycles. The molecule has 7 heteroatoms. The monoisotopic (exact) mass is 404 g/mol. The Bertz CT molecular complexity index is 1130. The zero-order valence-corrected chi connectivity index (χ0v) is 16.7. The molecule has 0 bridgehead atoms. The van der Waals surface area contributed by atoms with Gasteiger partial charge in [0.1, 0.15) is 12.4 Å². The molecule has 0 aliphatic rings. The van der Waals surface area contributed by atoms with Crippen LogP contribution in [-0.4, -0.2) is 26.8 Å². The van der Waals surface area contributed by atoms with E-state index in [0.29, 0.717) is 17.6 Å².